The van der Waals surface area contributed by atoms with Gasteiger partial charge in [0.05, 0.1) is 5.60 Å². The minimum atomic E-state index is -0.673. The quantitative estimate of drug-likeness (QED) is 0.811. The van der Waals surface area contributed by atoms with E-state index in [4.69, 9.17) is 4.74 Å². The molecule has 1 unspecified atom stereocenters. The predicted octanol–water partition coefficient (Wildman–Crippen LogP) is 2.30. The zero-order chi connectivity index (χ0) is 13.6. The van der Waals surface area contributed by atoms with Gasteiger partial charge in [0, 0.05) is 19.2 Å². The highest BCUT2D eigenvalue weighted by Gasteiger charge is 2.19. The van der Waals surface area contributed by atoms with E-state index in [-0.39, 0.29) is 5.82 Å². The second-order valence-corrected chi connectivity index (χ2v) is 4.89. The standard InChI is InChI=1S/C14H22FNO2/c1-4-14(2,17)11-16(3)8-9-18-13-7-5-6-12(15)10-13/h5-7,10,17H,4,8-9,11H2,1-3H3. The van der Waals surface area contributed by atoms with Crippen LogP contribution >= 0.6 is 0 Å². The van der Waals surface area contributed by atoms with Gasteiger partial charge in [-0.25, -0.2) is 4.39 Å². The van der Waals surface area contributed by atoms with Gasteiger partial charge in [0.15, 0.2) is 0 Å². The van der Waals surface area contributed by atoms with Crippen LogP contribution in [0.15, 0.2) is 24.3 Å². The summed E-state index contributed by atoms with van der Waals surface area (Å²) in [5.41, 5.74) is -0.673. The van der Waals surface area contributed by atoms with E-state index < -0.39 is 5.60 Å². The first-order chi connectivity index (χ1) is 8.43. The first kappa shape index (κ1) is 14.9. The molecule has 1 atom stereocenters. The molecule has 0 fully saturated rings. The van der Waals surface area contributed by atoms with Crippen LogP contribution in [0.2, 0.25) is 0 Å². The summed E-state index contributed by atoms with van der Waals surface area (Å²) >= 11 is 0. The van der Waals surface area contributed by atoms with Gasteiger partial charge in [0.25, 0.3) is 0 Å². The van der Waals surface area contributed by atoms with Gasteiger partial charge in [-0.2, -0.15) is 0 Å². The molecule has 102 valence electrons. The molecule has 0 aliphatic heterocycles. The van der Waals surface area contributed by atoms with Crippen LogP contribution in [-0.2, 0) is 0 Å². The van der Waals surface area contributed by atoms with E-state index in [1.807, 2.05) is 25.8 Å². The van der Waals surface area contributed by atoms with E-state index in [1.165, 1.54) is 12.1 Å². The lowest BCUT2D eigenvalue weighted by molar-refractivity contribution is 0.0210. The highest BCUT2D eigenvalue weighted by molar-refractivity contribution is 5.22. The van der Waals surface area contributed by atoms with Crippen molar-refractivity contribution < 1.29 is 14.2 Å². The molecule has 1 aromatic carbocycles. The lowest BCUT2D eigenvalue weighted by Crippen LogP contribution is -2.39. The van der Waals surface area contributed by atoms with Crippen LogP contribution in [-0.4, -0.2) is 42.4 Å². The Morgan fingerprint density at radius 1 is 1.44 bits per heavy atom. The topological polar surface area (TPSA) is 32.7 Å². The third kappa shape index (κ3) is 5.47. The largest absolute Gasteiger partial charge is 0.492 e. The van der Waals surface area contributed by atoms with E-state index in [0.717, 1.165) is 0 Å². The van der Waals surface area contributed by atoms with E-state index in [0.29, 0.717) is 31.9 Å². The van der Waals surface area contributed by atoms with Crippen LogP contribution in [0.25, 0.3) is 0 Å². The van der Waals surface area contributed by atoms with Crippen LogP contribution in [0.4, 0.5) is 4.39 Å². The average molecular weight is 255 g/mol. The molecule has 3 nitrogen and oxygen atoms in total. The Bertz CT molecular complexity index is 369. The molecule has 0 aliphatic rings. The van der Waals surface area contributed by atoms with Gasteiger partial charge in [-0.15, -0.1) is 0 Å². The van der Waals surface area contributed by atoms with Crippen molar-refractivity contribution in [1.82, 2.24) is 4.90 Å². The Balaban J connectivity index is 2.29. The van der Waals surface area contributed by atoms with Gasteiger partial charge in [0.1, 0.15) is 18.2 Å². The average Bonchev–Trinajstić information content (AvgIpc) is 2.28. The molecular weight excluding hydrogens is 233 g/mol. The lowest BCUT2D eigenvalue weighted by Gasteiger charge is -2.27. The van der Waals surface area contributed by atoms with Crippen LogP contribution in [0.3, 0.4) is 0 Å². The smallest absolute Gasteiger partial charge is 0.126 e. The fourth-order valence-corrected chi connectivity index (χ4v) is 1.65. The summed E-state index contributed by atoms with van der Waals surface area (Å²) < 4.78 is 18.3. The molecule has 1 aromatic rings. The Hall–Kier alpha value is -1.13. The fourth-order valence-electron chi connectivity index (χ4n) is 1.65. The first-order valence-electron chi connectivity index (χ1n) is 6.22. The van der Waals surface area contributed by atoms with Crippen molar-refractivity contribution in [3.8, 4) is 5.75 Å². The molecule has 0 aromatic heterocycles. The third-order valence-corrected chi connectivity index (χ3v) is 2.91. The Morgan fingerprint density at radius 3 is 2.78 bits per heavy atom. The number of hydrogen-bond donors (Lipinski definition) is 1. The summed E-state index contributed by atoms with van der Waals surface area (Å²) in [6, 6.07) is 6.10. The highest BCUT2D eigenvalue weighted by atomic mass is 19.1. The number of benzene rings is 1. The van der Waals surface area contributed by atoms with Crippen molar-refractivity contribution in [2.24, 2.45) is 0 Å². The zero-order valence-electron chi connectivity index (χ0n) is 11.3. The molecule has 0 heterocycles. The first-order valence-corrected chi connectivity index (χ1v) is 6.22. The van der Waals surface area contributed by atoms with Crippen molar-refractivity contribution in [3.63, 3.8) is 0 Å². The van der Waals surface area contributed by atoms with Crippen LogP contribution < -0.4 is 4.74 Å². The predicted molar refractivity (Wildman–Crippen MR) is 70.3 cm³/mol. The van der Waals surface area contributed by atoms with Gasteiger partial charge < -0.3 is 14.7 Å². The minimum absolute atomic E-state index is 0.297. The van der Waals surface area contributed by atoms with Crippen LogP contribution in [0, 0.1) is 5.82 Å². The summed E-state index contributed by atoms with van der Waals surface area (Å²) in [6.45, 7) is 5.52. The highest BCUT2D eigenvalue weighted by Crippen LogP contribution is 2.12. The van der Waals surface area contributed by atoms with E-state index >= 15 is 0 Å². The summed E-state index contributed by atoms with van der Waals surface area (Å²) in [5.74, 6) is 0.237. The van der Waals surface area contributed by atoms with Crippen molar-refractivity contribution in [2.75, 3.05) is 26.7 Å². The maximum atomic E-state index is 12.9. The normalized spacial score (nSPS) is 14.6. The SMILES string of the molecule is CCC(C)(O)CN(C)CCOc1cccc(F)c1. The number of ether oxygens (including phenoxy) is 1. The summed E-state index contributed by atoms with van der Waals surface area (Å²) in [6.07, 6.45) is 0.710. The fraction of sp³-hybridized carbons (Fsp3) is 0.571. The van der Waals surface area contributed by atoms with Crippen molar-refractivity contribution in [1.29, 1.82) is 0 Å². The monoisotopic (exact) mass is 255 g/mol. The van der Waals surface area contributed by atoms with Crippen molar-refractivity contribution in [2.45, 2.75) is 25.9 Å². The molecule has 0 amide bonds. The number of likely N-dealkylation sites (N-methyl/N-ethyl adjacent to an activating group) is 1. The molecule has 1 rings (SSSR count). The number of halogens is 1. The number of nitrogens with zero attached hydrogens (tertiary/aromatic N) is 1. The molecule has 0 aliphatic carbocycles. The van der Waals surface area contributed by atoms with Gasteiger partial charge in [-0.1, -0.05) is 13.0 Å². The van der Waals surface area contributed by atoms with E-state index in [2.05, 4.69) is 0 Å². The maximum Gasteiger partial charge on any atom is 0.126 e. The van der Waals surface area contributed by atoms with Gasteiger partial charge in [-0.3, -0.25) is 0 Å². The maximum absolute atomic E-state index is 12.9. The number of aliphatic hydroxyl groups is 1. The number of hydrogen-bond acceptors (Lipinski definition) is 3. The summed E-state index contributed by atoms with van der Waals surface area (Å²) in [5, 5.41) is 9.91. The van der Waals surface area contributed by atoms with Gasteiger partial charge in [0.2, 0.25) is 0 Å². The third-order valence-electron chi connectivity index (χ3n) is 2.91. The van der Waals surface area contributed by atoms with Gasteiger partial charge in [-0.05, 0) is 32.5 Å². The van der Waals surface area contributed by atoms with Crippen LogP contribution in [0.1, 0.15) is 20.3 Å². The van der Waals surface area contributed by atoms with E-state index in [9.17, 15) is 9.50 Å². The molecular formula is C14H22FNO2. The Morgan fingerprint density at radius 2 is 2.17 bits per heavy atom. The zero-order valence-corrected chi connectivity index (χ0v) is 11.3. The lowest BCUT2D eigenvalue weighted by atomic mass is 10.0. The minimum Gasteiger partial charge on any atom is -0.492 e. The molecule has 0 radical (unpaired) electrons. The molecule has 0 saturated heterocycles. The Labute approximate surface area is 108 Å². The van der Waals surface area contributed by atoms with Crippen molar-refractivity contribution >= 4 is 0 Å². The molecule has 18 heavy (non-hydrogen) atoms. The summed E-state index contributed by atoms with van der Waals surface area (Å²) in [4.78, 5) is 2.00. The molecule has 0 spiro atoms. The van der Waals surface area contributed by atoms with Crippen LogP contribution in [0.5, 0.6) is 5.75 Å². The summed E-state index contributed by atoms with van der Waals surface area (Å²) in [7, 11) is 1.93. The van der Waals surface area contributed by atoms with Crippen molar-refractivity contribution in [3.05, 3.63) is 30.1 Å². The second kappa shape index (κ2) is 6.71. The number of rotatable bonds is 7. The van der Waals surface area contributed by atoms with Gasteiger partial charge >= 0.3 is 0 Å². The van der Waals surface area contributed by atoms with E-state index in [1.54, 1.807) is 12.1 Å². The Kier molecular flexibility index (Phi) is 5.56. The second-order valence-electron chi connectivity index (χ2n) is 4.89. The molecule has 0 saturated carbocycles. The molecule has 4 heteroatoms. The molecule has 1 N–H and O–H groups in total. The molecule has 0 bridgehead atoms.